The Morgan fingerprint density at radius 3 is 2.61 bits per heavy atom. The molecule has 1 aromatic heterocycles. The summed E-state index contributed by atoms with van der Waals surface area (Å²) in [7, 11) is 0. The lowest BCUT2D eigenvalue weighted by molar-refractivity contribution is -0.140. The molecule has 0 unspecified atom stereocenters. The molecule has 1 saturated carbocycles. The molecule has 1 atom stereocenters. The molecule has 1 aliphatic carbocycles. The fourth-order valence-electron chi connectivity index (χ4n) is 5.03. The topological polar surface area (TPSA) is 78.7 Å². The normalized spacial score (nSPS) is 19.8. The Hall–Kier alpha value is -2.38. The minimum absolute atomic E-state index is 0.122. The van der Waals surface area contributed by atoms with Crippen LogP contribution in [0.4, 0.5) is 5.69 Å². The molecular weight excluding hydrogens is 440 g/mol. The minimum Gasteiger partial charge on any atom is -0.361 e. The molecule has 0 radical (unpaired) electrons. The number of hydrogen-bond donors (Lipinski definition) is 1. The van der Waals surface area contributed by atoms with Crippen LogP contribution < -0.4 is 5.32 Å². The zero-order chi connectivity index (χ0) is 23.5. The van der Waals surface area contributed by atoms with E-state index < -0.39 is 0 Å². The highest BCUT2D eigenvalue weighted by Gasteiger charge is 2.33. The number of aryl methyl sites for hydroxylation is 1. The van der Waals surface area contributed by atoms with Gasteiger partial charge >= 0.3 is 0 Å². The van der Waals surface area contributed by atoms with Crippen molar-refractivity contribution >= 4 is 29.1 Å². The number of hydrogen-bond acceptors (Lipinski definition) is 5. The molecule has 33 heavy (non-hydrogen) atoms. The number of nitrogens with one attached hydrogen (secondary N) is 1. The van der Waals surface area contributed by atoms with Crippen molar-refractivity contribution in [3.05, 3.63) is 45.8 Å². The van der Waals surface area contributed by atoms with Crippen LogP contribution in [-0.2, 0) is 22.6 Å². The average molecular weight is 473 g/mol. The molecule has 1 saturated heterocycles. The van der Waals surface area contributed by atoms with E-state index in [9.17, 15) is 9.59 Å². The Morgan fingerprint density at radius 2 is 1.94 bits per heavy atom. The van der Waals surface area contributed by atoms with Gasteiger partial charge in [0.15, 0.2) is 0 Å². The van der Waals surface area contributed by atoms with Crippen LogP contribution in [0.1, 0.15) is 55.2 Å². The Bertz CT molecular complexity index is 1020. The van der Waals surface area contributed by atoms with Gasteiger partial charge in [-0.25, -0.2) is 0 Å². The number of anilines is 1. The van der Waals surface area contributed by atoms with Crippen LogP contribution in [0.5, 0.6) is 0 Å². The van der Waals surface area contributed by atoms with Gasteiger partial charge in [0.05, 0.1) is 12.1 Å². The number of rotatable bonds is 6. The SMILES string of the molecule is Cc1cc(CC(=O)Nc2cc(Cl)cc(CN3CCN(C(=O)C4CCCC4)[C@@H](C)C3)c2C)on1. The molecule has 178 valence electrons. The quantitative estimate of drug-likeness (QED) is 0.676. The van der Waals surface area contributed by atoms with E-state index in [1.807, 2.05) is 19.9 Å². The highest BCUT2D eigenvalue weighted by Crippen LogP contribution is 2.29. The molecule has 8 heteroatoms. The molecule has 0 spiro atoms. The number of nitrogens with zero attached hydrogens (tertiary/aromatic N) is 3. The molecule has 1 N–H and O–H groups in total. The van der Waals surface area contributed by atoms with E-state index in [-0.39, 0.29) is 24.3 Å². The summed E-state index contributed by atoms with van der Waals surface area (Å²) in [4.78, 5) is 29.9. The lowest BCUT2D eigenvalue weighted by atomic mass is 10.0. The van der Waals surface area contributed by atoms with Gasteiger partial charge in [0.2, 0.25) is 11.8 Å². The molecule has 4 rings (SSSR count). The standard InChI is InChI=1S/C25H33ClN4O3/c1-16-10-22(33-28-16)13-24(31)27-23-12-21(26)11-20(18(23)3)15-29-8-9-30(17(2)14-29)25(32)19-6-4-5-7-19/h10-12,17,19H,4-9,13-15H2,1-3H3,(H,27,31)/t17-/m0/s1. The highest BCUT2D eigenvalue weighted by atomic mass is 35.5. The maximum Gasteiger partial charge on any atom is 0.232 e. The zero-order valence-corrected chi connectivity index (χ0v) is 20.5. The smallest absolute Gasteiger partial charge is 0.232 e. The summed E-state index contributed by atoms with van der Waals surface area (Å²) in [5, 5.41) is 7.38. The third-order valence-corrected chi connectivity index (χ3v) is 7.08. The van der Waals surface area contributed by atoms with Crippen LogP contribution in [0.2, 0.25) is 5.02 Å². The number of aromatic nitrogens is 1. The van der Waals surface area contributed by atoms with Gasteiger partial charge in [0.1, 0.15) is 5.76 Å². The summed E-state index contributed by atoms with van der Waals surface area (Å²) in [5.74, 6) is 0.922. The van der Waals surface area contributed by atoms with Crippen LogP contribution in [0.3, 0.4) is 0 Å². The van der Waals surface area contributed by atoms with E-state index in [1.54, 1.807) is 12.1 Å². The zero-order valence-electron chi connectivity index (χ0n) is 19.7. The van der Waals surface area contributed by atoms with Gasteiger partial charge in [-0.05, 0) is 56.9 Å². The fraction of sp³-hybridized carbons (Fsp3) is 0.560. The Balaban J connectivity index is 1.38. The van der Waals surface area contributed by atoms with E-state index in [4.69, 9.17) is 16.1 Å². The van der Waals surface area contributed by atoms with Crippen molar-refractivity contribution in [3.63, 3.8) is 0 Å². The summed E-state index contributed by atoms with van der Waals surface area (Å²) < 4.78 is 5.15. The summed E-state index contributed by atoms with van der Waals surface area (Å²) in [6.07, 6.45) is 4.55. The van der Waals surface area contributed by atoms with Crippen molar-refractivity contribution in [2.24, 2.45) is 5.92 Å². The van der Waals surface area contributed by atoms with Crippen LogP contribution in [0.15, 0.2) is 22.7 Å². The number of benzene rings is 1. The van der Waals surface area contributed by atoms with Gasteiger partial charge in [-0.15, -0.1) is 0 Å². The number of halogens is 1. The maximum atomic E-state index is 12.9. The molecule has 1 aliphatic heterocycles. The van der Waals surface area contributed by atoms with Crippen LogP contribution in [0.25, 0.3) is 0 Å². The van der Waals surface area contributed by atoms with E-state index in [2.05, 4.69) is 27.2 Å². The second-order valence-electron chi connectivity index (χ2n) is 9.49. The molecule has 2 heterocycles. The Morgan fingerprint density at radius 1 is 1.18 bits per heavy atom. The lowest BCUT2D eigenvalue weighted by Gasteiger charge is -2.41. The van der Waals surface area contributed by atoms with E-state index in [1.165, 1.54) is 12.8 Å². The largest absolute Gasteiger partial charge is 0.361 e. The van der Waals surface area contributed by atoms with E-state index in [0.29, 0.717) is 22.4 Å². The second kappa shape index (κ2) is 10.3. The van der Waals surface area contributed by atoms with E-state index >= 15 is 0 Å². The predicted molar refractivity (Wildman–Crippen MR) is 128 cm³/mol. The van der Waals surface area contributed by atoms with Crippen molar-refractivity contribution in [2.75, 3.05) is 25.0 Å². The number of piperazine rings is 1. The molecule has 2 aromatic rings. The predicted octanol–water partition coefficient (Wildman–Crippen LogP) is 4.35. The summed E-state index contributed by atoms with van der Waals surface area (Å²) in [6.45, 7) is 9.12. The van der Waals surface area contributed by atoms with Crippen LogP contribution >= 0.6 is 11.6 Å². The third kappa shape index (κ3) is 5.76. The van der Waals surface area contributed by atoms with Crippen molar-refractivity contribution in [2.45, 2.75) is 65.5 Å². The molecule has 7 nitrogen and oxygen atoms in total. The van der Waals surface area contributed by atoms with Crippen LogP contribution in [-0.4, -0.2) is 52.4 Å². The Labute approximate surface area is 200 Å². The Kier molecular flexibility index (Phi) is 7.39. The first-order chi connectivity index (χ1) is 15.8. The molecule has 1 aromatic carbocycles. The summed E-state index contributed by atoms with van der Waals surface area (Å²) in [5.41, 5.74) is 3.54. The van der Waals surface area contributed by atoms with Crippen LogP contribution in [0, 0.1) is 19.8 Å². The van der Waals surface area contributed by atoms with Crippen molar-refractivity contribution < 1.29 is 14.1 Å². The maximum absolute atomic E-state index is 12.9. The monoisotopic (exact) mass is 472 g/mol. The highest BCUT2D eigenvalue weighted by molar-refractivity contribution is 6.31. The summed E-state index contributed by atoms with van der Waals surface area (Å²) in [6, 6.07) is 5.70. The molecule has 2 aliphatic rings. The van der Waals surface area contributed by atoms with Crippen molar-refractivity contribution in [1.29, 1.82) is 0 Å². The van der Waals surface area contributed by atoms with Crippen molar-refractivity contribution in [1.82, 2.24) is 15.0 Å². The average Bonchev–Trinajstić information content (AvgIpc) is 3.43. The fourth-order valence-corrected chi connectivity index (χ4v) is 5.27. The van der Waals surface area contributed by atoms with Gasteiger partial charge in [-0.1, -0.05) is 29.6 Å². The van der Waals surface area contributed by atoms with Gasteiger partial charge in [0, 0.05) is 54.9 Å². The minimum atomic E-state index is -0.171. The first-order valence-electron chi connectivity index (χ1n) is 11.8. The number of carbonyl (C=O) groups excluding carboxylic acids is 2. The summed E-state index contributed by atoms with van der Waals surface area (Å²) >= 11 is 6.40. The van der Waals surface area contributed by atoms with Gasteiger partial charge < -0.3 is 14.7 Å². The second-order valence-corrected chi connectivity index (χ2v) is 9.93. The van der Waals surface area contributed by atoms with Crippen molar-refractivity contribution in [3.8, 4) is 0 Å². The molecule has 0 bridgehead atoms. The first kappa shape index (κ1) is 23.8. The molecule has 2 amide bonds. The number of carbonyl (C=O) groups is 2. The first-order valence-corrected chi connectivity index (χ1v) is 12.2. The van der Waals surface area contributed by atoms with Gasteiger partial charge in [-0.2, -0.15) is 0 Å². The van der Waals surface area contributed by atoms with Gasteiger partial charge in [-0.3, -0.25) is 14.5 Å². The molecular formula is C25H33ClN4O3. The lowest BCUT2D eigenvalue weighted by Crippen LogP contribution is -2.54. The van der Waals surface area contributed by atoms with E-state index in [0.717, 1.165) is 55.8 Å². The molecule has 2 fully saturated rings. The third-order valence-electron chi connectivity index (χ3n) is 6.86. The number of amides is 2. The van der Waals surface area contributed by atoms with Gasteiger partial charge in [0.25, 0.3) is 0 Å².